The van der Waals surface area contributed by atoms with Crippen LogP contribution >= 0.6 is 0 Å². The Bertz CT molecular complexity index is 905. The Labute approximate surface area is 153 Å². The van der Waals surface area contributed by atoms with Gasteiger partial charge in [-0.3, -0.25) is 14.5 Å². The smallest absolute Gasteiger partial charge is 0.251 e. The Kier molecular flexibility index (Phi) is 4.54. The summed E-state index contributed by atoms with van der Waals surface area (Å²) in [7, 11) is 0. The van der Waals surface area contributed by atoms with Crippen molar-refractivity contribution >= 4 is 16.8 Å². The first kappa shape index (κ1) is 17.2. The van der Waals surface area contributed by atoms with Crippen LogP contribution in [0.1, 0.15) is 30.9 Å². The lowest BCUT2D eigenvalue weighted by atomic mass is 9.98. The molecule has 0 bridgehead atoms. The molecule has 3 N–H and O–H groups in total. The minimum absolute atomic E-state index is 0.0105. The van der Waals surface area contributed by atoms with E-state index in [0.29, 0.717) is 26.1 Å². The molecule has 0 aliphatic carbocycles. The average Bonchev–Trinajstić information content (AvgIpc) is 3.00. The van der Waals surface area contributed by atoms with E-state index in [0.717, 1.165) is 35.9 Å². The summed E-state index contributed by atoms with van der Waals surface area (Å²) in [6.07, 6.45) is 2.67. The molecule has 6 heteroatoms. The van der Waals surface area contributed by atoms with Crippen LogP contribution in [0.4, 0.5) is 0 Å². The van der Waals surface area contributed by atoms with Crippen LogP contribution in [0, 0.1) is 0 Å². The number of likely N-dealkylation sites (tertiary alicyclic amines) is 1. The fraction of sp³-hybridized carbons (Fsp3) is 0.500. The molecule has 3 heterocycles. The van der Waals surface area contributed by atoms with Gasteiger partial charge in [0, 0.05) is 43.7 Å². The first-order valence-electron chi connectivity index (χ1n) is 9.50. The zero-order valence-electron chi connectivity index (χ0n) is 15.2. The maximum Gasteiger partial charge on any atom is 0.251 e. The van der Waals surface area contributed by atoms with Gasteiger partial charge in [0.15, 0.2) is 0 Å². The molecule has 0 saturated carbocycles. The number of aryl methyl sites for hydroxylation is 2. The molecular formula is C20H26N4O2. The van der Waals surface area contributed by atoms with Crippen molar-refractivity contribution in [2.24, 2.45) is 5.73 Å². The lowest BCUT2D eigenvalue weighted by Gasteiger charge is -2.26. The highest BCUT2D eigenvalue weighted by Gasteiger charge is 2.35. The van der Waals surface area contributed by atoms with Crippen LogP contribution in [-0.4, -0.2) is 40.5 Å². The number of carbonyl (C=O) groups excluding carboxylic acids is 1. The van der Waals surface area contributed by atoms with E-state index >= 15 is 0 Å². The molecule has 2 atom stereocenters. The van der Waals surface area contributed by atoms with Gasteiger partial charge in [-0.25, -0.2) is 0 Å². The van der Waals surface area contributed by atoms with Crippen molar-refractivity contribution in [1.82, 2.24) is 14.8 Å². The number of nitrogens with one attached hydrogen (secondary N) is 1. The summed E-state index contributed by atoms with van der Waals surface area (Å²) < 4.78 is 1.90. The van der Waals surface area contributed by atoms with Crippen molar-refractivity contribution < 1.29 is 4.79 Å². The fourth-order valence-electron chi connectivity index (χ4n) is 4.46. The number of hydrogen-bond acceptors (Lipinski definition) is 4. The largest absolute Gasteiger partial charge is 0.355 e. The van der Waals surface area contributed by atoms with E-state index in [9.17, 15) is 9.59 Å². The molecule has 1 fully saturated rings. The van der Waals surface area contributed by atoms with E-state index in [-0.39, 0.29) is 23.6 Å². The van der Waals surface area contributed by atoms with Gasteiger partial charge in [0.25, 0.3) is 5.56 Å². The predicted octanol–water partition coefficient (Wildman–Crippen LogP) is 0.985. The zero-order chi connectivity index (χ0) is 18.3. The molecule has 4 rings (SSSR count). The first-order chi connectivity index (χ1) is 12.6. The number of hydrogen-bond donors (Lipinski definition) is 2. The second kappa shape index (κ2) is 6.85. The van der Waals surface area contributed by atoms with Crippen LogP contribution in [0.25, 0.3) is 10.9 Å². The highest BCUT2D eigenvalue weighted by Crippen LogP contribution is 2.28. The van der Waals surface area contributed by atoms with Crippen molar-refractivity contribution in [2.75, 3.05) is 13.1 Å². The number of para-hydroxylation sites is 1. The first-order valence-corrected chi connectivity index (χ1v) is 9.50. The van der Waals surface area contributed by atoms with E-state index in [1.54, 1.807) is 6.07 Å². The predicted molar refractivity (Wildman–Crippen MR) is 102 cm³/mol. The van der Waals surface area contributed by atoms with Crippen molar-refractivity contribution in [2.45, 2.75) is 51.4 Å². The third-order valence-corrected chi connectivity index (χ3v) is 5.59. The lowest BCUT2D eigenvalue weighted by molar-refractivity contribution is -0.125. The van der Waals surface area contributed by atoms with Crippen LogP contribution in [0.3, 0.4) is 0 Å². The summed E-state index contributed by atoms with van der Waals surface area (Å²) in [5.41, 5.74) is 9.49. The highest BCUT2D eigenvalue weighted by molar-refractivity contribution is 5.86. The molecule has 0 unspecified atom stereocenters. The molecule has 26 heavy (non-hydrogen) atoms. The van der Waals surface area contributed by atoms with Gasteiger partial charge in [0.1, 0.15) is 0 Å². The van der Waals surface area contributed by atoms with E-state index in [1.165, 1.54) is 5.56 Å². The van der Waals surface area contributed by atoms with E-state index in [4.69, 9.17) is 5.73 Å². The number of amides is 1. The summed E-state index contributed by atoms with van der Waals surface area (Å²) in [5.74, 6) is 0.0277. The van der Waals surface area contributed by atoms with Gasteiger partial charge in [0.05, 0.1) is 11.6 Å². The van der Waals surface area contributed by atoms with Crippen LogP contribution in [0.5, 0.6) is 0 Å². The van der Waals surface area contributed by atoms with Crippen molar-refractivity contribution in [3.8, 4) is 0 Å². The summed E-state index contributed by atoms with van der Waals surface area (Å²) in [5, 5.41) is 4.03. The van der Waals surface area contributed by atoms with Crippen LogP contribution in [-0.2, 0) is 24.3 Å². The topological polar surface area (TPSA) is 80.4 Å². The molecule has 138 valence electrons. The zero-order valence-corrected chi connectivity index (χ0v) is 15.2. The number of carbonyl (C=O) groups is 1. The average molecular weight is 354 g/mol. The molecular weight excluding hydrogens is 328 g/mol. The second-order valence-electron chi connectivity index (χ2n) is 7.41. The third-order valence-electron chi connectivity index (χ3n) is 5.59. The van der Waals surface area contributed by atoms with Gasteiger partial charge in [-0.2, -0.15) is 0 Å². The summed E-state index contributed by atoms with van der Waals surface area (Å²) in [6, 6.07) is 7.79. The number of rotatable bonds is 4. The van der Waals surface area contributed by atoms with Gasteiger partial charge in [0.2, 0.25) is 5.91 Å². The monoisotopic (exact) mass is 354 g/mol. The van der Waals surface area contributed by atoms with Crippen LogP contribution in [0.2, 0.25) is 0 Å². The highest BCUT2D eigenvalue weighted by atomic mass is 16.2. The molecule has 2 aromatic rings. The SMILES string of the molecule is CCNC(=O)[C@@H]1C[C@@H](N)CN1Cc1cc(=O)n2c3c(cccc13)CCC2. The normalized spacial score (nSPS) is 22.7. The quantitative estimate of drug-likeness (QED) is 0.858. The maximum absolute atomic E-state index is 12.7. The number of pyridine rings is 1. The minimum Gasteiger partial charge on any atom is -0.355 e. The number of benzene rings is 1. The van der Waals surface area contributed by atoms with Crippen LogP contribution in [0.15, 0.2) is 29.1 Å². The molecule has 6 nitrogen and oxygen atoms in total. The van der Waals surface area contributed by atoms with Crippen molar-refractivity contribution in [3.63, 3.8) is 0 Å². The van der Waals surface area contributed by atoms with Gasteiger partial charge in [-0.05, 0) is 37.3 Å². The molecule has 1 amide bonds. The molecule has 2 aliphatic rings. The molecule has 0 radical (unpaired) electrons. The second-order valence-corrected chi connectivity index (χ2v) is 7.41. The molecule has 0 spiro atoms. The van der Waals surface area contributed by atoms with E-state index < -0.39 is 0 Å². The van der Waals surface area contributed by atoms with E-state index in [2.05, 4.69) is 28.4 Å². The number of aromatic nitrogens is 1. The Morgan fingerprint density at radius 3 is 3.04 bits per heavy atom. The fourth-order valence-corrected chi connectivity index (χ4v) is 4.46. The Morgan fingerprint density at radius 2 is 2.23 bits per heavy atom. The lowest BCUT2D eigenvalue weighted by Crippen LogP contribution is -2.43. The van der Waals surface area contributed by atoms with Gasteiger partial charge in [-0.15, -0.1) is 0 Å². The molecule has 1 aromatic carbocycles. The van der Waals surface area contributed by atoms with Crippen LogP contribution < -0.4 is 16.6 Å². The maximum atomic E-state index is 12.7. The molecule has 1 aromatic heterocycles. The minimum atomic E-state index is -0.224. The number of nitrogens with zero attached hydrogens (tertiary/aromatic N) is 2. The molecule has 1 saturated heterocycles. The Balaban J connectivity index is 1.73. The van der Waals surface area contributed by atoms with Crippen molar-refractivity contribution in [3.05, 3.63) is 45.7 Å². The van der Waals surface area contributed by atoms with E-state index in [1.807, 2.05) is 11.5 Å². The van der Waals surface area contributed by atoms with Crippen molar-refractivity contribution in [1.29, 1.82) is 0 Å². The van der Waals surface area contributed by atoms with Gasteiger partial charge in [-0.1, -0.05) is 18.2 Å². The summed E-state index contributed by atoms with van der Waals surface area (Å²) in [6.45, 7) is 4.56. The third kappa shape index (κ3) is 2.93. The summed E-state index contributed by atoms with van der Waals surface area (Å²) in [4.78, 5) is 27.2. The number of likely N-dealkylation sites (N-methyl/N-ethyl adjacent to an activating group) is 1. The number of nitrogens with two attached hydrogens (primary N) is 1. The van der Waals surface area contributed by atoms with Gasteiger partial charge < -0.3 is 15.6 Å². The Morgan fingerprint density at radius 1 is 1.38 bits per heavy atom. The Hall–Kier alpha value is -2.18. The standard InChI is InChI=1S/C20H26N4O2/c1-2-22-20(26)17-10-15(21)12-23(17)11-14-9-18(25)24-8-4-6-13-5-3-7-16(14)19(13)24/h3,5,7,9,15,17H,2,4,6,8,10-12,21H2,1H3,(H,22,26)/t15-,17+/m1/s1. The van der Waals surface area contributed by atoms with Gasteiger partial charge >= 0.3 is 0 Å². The molecule has 2 aliphatic heterocycles. The summed E-state index contributed by atoms with van der Waals surface area (Å²) >= 11 is 0.